The fraction of sp³-hybridized carbons (Fsp3) is 0.143. The summed E-state index contributed by atoms with van der Waals surface area (Å²) in [6, 6.07) is 5.88. The molecule has 0 unspecified atom stereocenters. The van der Waals surface area contributed by atoms with Gasteiger partial charge in [0, 0.05) is 6.20 Å². The number of rotatable bonds is 3. The third-order valence-electron chi connectivity index (χ3n) is 2.65. The van der Waals surface area contributed by atoms with Crippen molar-refractivity contribution in [3.63, 3.8) is 0 Å². The van der Waals surface area contributed by atoms with Gasteiger partial charge in [0.05, 0.1) is 16.8 Å². The molecule has 20 heavy (non-hydrogen) atoms. The van der Waals surface area contributed by atoms with Crippen LogP contribution in [0.1, 0.15) is 21.6 Å². The van der Waals surface area contributed by atoms with Gasteiger partial charge in [0.25, 0.3) is 0 Å². The average molecular weight is 281 g/mol. The van der Waals surface area contributed by atoms with E-state index in [0.29, 0.717) is 17.7 Å². The molecule has 0 saturated heterocycles. The molecular weight excluding hydrogens is 271 g/mol. The molecule has 0 atom stereocenters. The average Bonchev–Trinajstić information content (AvgIpc) is 2.40. The molecular formula is C14H10F3NO2. The van der Waals surface area contributed by atoms with Gasteiger partial charge in [0.2, 0.25) is 0 Å². The molecule has 0 N–H and O–H groups in total. The van der Waals surface area contributed by atoms with Crippen molar-refractivity contribution in [1.29, 1.82) is 0 Å². The van der Waals surface area contributed by atoms with Gasteiger partial charge in [-0.25, -0.2) is 0 Å². The zero-order chi connectivity index (χ0) is 14.8. The summed E-state index contributed by atoms with van der Waals surface area (Å²) in [7, 11) is 0. The number of alkyl halides is 3. The third kappa shape index (κ3) is 2.96. The monoisotopic (exact) mass is 281 g/mol. The van der Waals surface area contributed by atoms with Gasteiger partial charge in [-0.3, -0.25) is 9.78 Å². The van der Waals surface area contributed by atoms with Crippen molar-refractivity contribution in [3.05, 3.63) is 53.3 Å². The van der Waals surface area contributed by atoms with E-state index in [9.17, 15) is 18.0 Å². The minimum Gasteiger partial charge on any atom is -0.455 e. The number of pyridine rings is 1. The number of hydrogen-bond acceptors (Lipinski definition) is 3. The zero-order valence-electron chi connectivity index (χ0n) is 10.4. The van der Waals surface area contributed by atoms with Crippen LogP contribution in [0.15, 0.2) is 36.5 Å². The molecule has 3 nitrogen and oxygen atoms in total. The van der Waals surface area contributed by atoms with E-state index in [-0.39, 0.29) is 11.3 Å². The molecule has 0 aliphatic carbocycles. The first-order valence-electron chi connectivity index (χ1n) is 5.67. The summed E-state index contributed by atoms with van der Waals surface area (Å²) in [5.41, 5.74) is -0.317. The number of aryl methyl sites for hydroxylation is 1. The highest BCUT2D eigenvalue weighted by Gasteiger charge is 2.31. The van der Waals surface area contributed by atoms with Gasteiger partial charge < -0.3 is 4.74 Å². The fourth-order valence-electron chi connectivity index (χ4n) is 1.59. The molecule has 0 saturated carbocycles. The quantitative estimate of drug-likeness (QED) is 0.798. The van der Waals surface area contributed by atoms with Crippen LogP contribution in [0.2, 0.25) is 0 Å². The highest BCUT2D eigenvalue weighted by molar-refractivity contribution is 5.79. The van der Waals surface area contributed by atoms with E-state index in [1.54, 1.807) is 19.1 Å². The Morgan fingerprint density at radius 1 is 1.20 bits per heavy atom. The summed E-state index contributed by atoms with van der Waals surface area (Å²) >= 11 is 0. The van der Waals surface area contributed by atoms with E-state index in [1.165, 1.54) is 6.20 Å². The Balaban J connectivity index is 2.44. The van der Waals surface area contributed by atoms with Crippen LogP contribution in [0.3, 0.4) is 0 Å². The molecule has 0 aliphatic heterocycles. The maximum absolute atomic E-state index is 12.7. The van der Waals surface area contributed by atoms with Crippen LogP contribution in [0.25, 0.3) is 0 Å². The molecule has 6 heteroatoms. The predicted molar refractivity (Wildman–Crippen MR) is 65.9 cm³/mol. The fourth-order valence-corrected chi connectivity index (χ4v) is 1.59. The van der Waals surface area contributed by atoms with E-state index < -0.39 is 11.7 Å². The molecule has 1 heterocycles. The van der Waals surface area contributed by atoms with Crippen molar-refractivity contribution < 1.29 is 22.7 Å². The number of carbonyl (C=O) groups excluding carboxylic acids is 1. The molecule has 1 aromatic heterocycles. The third-order valence-corrected chi connectivity index (χ3v) is 2.65. The van der Waals surface area contributed by atoms with E-state index >= 15 is 0 Å². The van der Waals surface area contributed by atoms with Crippen LogP contribution in [0.4, 0.5) is 13.2 Å². The van der Waals surface area contributed by atoms with Gasteiger partial charge in [-0.2, -0.15) is 13.2 Å². The Morgan fingerprint density at radius 3 is 2.55 bits per heavy atom. The first-order chi connectivity index (χ1) is 9.41. The Bertz CT molecular complexity index is 639. The van der Waals surface area contributed by atoms with Crippen LogP contribution in [-0.2, 0) is 6.18 Å². The van der Waals surface area contributed by atoms with Gasteiger partial charge in [-0.1, -0.05) is 0 Å². The first kappa shape index (κ1) is 14.0. The lowest BCUT2D eigenvalue weighted by molar-refractivity contribution is -0.137. The number of hydrogen-bond donors (Lipinski definition) is 0. The van der Waals surface area contributed by atoms with Crippen molar-refractivity contribution >= 4 is 6.29 Å². The second-order valence-electron chi connectivity index (χ2n) is 4.06. The van der Waals surface area contributed by atoms with Crippen LogP contribution in [0.5, 0.6) is 11.5 Å². The summed E-state index contributed by atoms with van der Waals surface area (Å²) in [6.07, 6.45) is -2.51. The normalized spacial score (nSPS) is 11.2. The van der Waals surface area contributed by atoms with Gasteiger partial charge in [-0.05, 0) is 37.3 Å². The highest BCUT2D eigenvalue weighted by atomic mass is 19.4. The summed E-state index contributed by atoms with van der Waals surface area (Å²) in [5.74, 6) is 0.154. The van der Waals surface area contributed by atoms with Crippen molar-refractivity contribution in [2.24, 2.45) is 0 Å². The lowest BCUT2D eigenvalue weighted by atomic mass is 10.1. The first-order valence-corrected chi connectivity index (χ1v) is 5.67. The van der Waals surface area contributed by atoms with Crippen LogP contribution in [0, 0.1) is 6.92 Å². The standard InChI is InChI=1S/C14H10F3NO2/c1-9-12(3-2-6-18-9)20-13-7-11(14(15,16)17)5-4-10(13)8-19/h2-8H,1H3. The molecule has 0 fully saturated rings. The Labute approximate surface area is 113 Å². The number of carbonyl (C=O) groups is 1. The molecule has 104 valence electrons. The number of aromatic nitrogens is 1. The molecule has 0 spiro atoms. The maximum Gasteiger partial charge on any atom is 0.416 e. The Morgan fingerprint density at radius 2 is 1.95 bits per heavy atom. The number of ether oxygens (including phenoxy) is 1. The molecule has 2 aromatic rings. The lowest BCUT2D eigenvalue weighted by Gasteiger charge is -2.12. The minimum absolute atomic E-state index is 0.0428. The molecule has 0 radical (unpaired) electrons. The Hall–Kier alpha value is -2.37. The van der Waals surface area contributed by atoms with Crippen molar-refractivity contribution in [2.45, 2.75) is 13.1 Å². The van der Waals surface area contributed by atoms with Crippen molar-refractivity contribution in [2.75, 3.05) is 0 Å². The Kier molecular flexibility index (Phi) is 3.74. The van der Waals surface area contributed by atoms with Gasteiger partial charge in [0.15, 0.2) is 6.29 Å². The van der Waals surface area contributed by atoms with Gasteiger partial charge in [0.1, 0.15) is 11.5 Å². The largest absolute Gasteiger partial charge is 0.455 e. The van der Waals surface area contributed by atoms with E-state index in [4.69, 9.17) is 4.74 Å². The van der Waals surface area contributed by atoms with Crippen molar-refractivity contribution in [3.8, 4) is 11.5 Å². The smallest absolute Gasteiger partial charge is 0.416 e. The second-order valence-corrected chi connectivity index (χ2v) is 4.06. The molecule has 2 rings (SSSR count). The van der Waals surface area contributed by atoms with E-state index in [1.807, 2.05) is 0 Å². The number of halogens is 3. The summed E-state index contributed by atoms with van der Waals surface area (Å²) in [4.78, 5) is 14.9. The maximum atomic E-state index is 12.7. The SMILES string of the molecule is Cc1ncccc1Oc1cc(C(F)(F)F)ccc1C=O. The molecule has 1 aromatic carbocycles. The molecule has 0 bridgehead atoms. The predicted octanol–water partition coefficient (Wildman–Crippen LogP) is 4.01. The summed E-state index contributed by atoms with van der Waals surface area (Å²) in [5, 5.41) is 0. The number of aldehydes is 1. The lowest BCUT2D eigenvalue weighted by Crippen LogP contribution is -2.06. The van der Waals surface area contributed by atoms with Gasteiger partial charge >= 0.3 is 6.18 Å². The number of nitrogens with zero attached hydrogens (tertiary/aromatic N) is 1. The summed E-state index contributed by atoms with van der Waals surface area (Å²) in [6.45, 7) is 1.66. The van der Waals surface area contributed by atoms with Crippen LogP contribution < -0.4 is 4.74 Å². The van der Waals surface area contributed by atoms with E-state index in [2.05, 4.69) is 4.98 Å². The minimum atomic E-state index is -4.50. The molecule has 0 aliphatic rings. The highest BCUT2D eigenvalue weighted by Crippen LogP contribution is 2.34. The van der Waals surface area contributed by atoms with Crippen LogP contribution >= 0.6 is 0 Å². The van der Waals surface area contributed by atoms with Crippen molar-refractivity contribution in [1.82, 2.24) is 4.98 Å². The molecule has 0 amide bonds. The van der Waals surface area contributed by atoms with Gasteiger partial charge in [-0.15, -0.1) is 0 Å². The second kappa shape index (κ2) is 5.32. The van der Waals surface area contributed by atoms with Crippen LogP contribution in [-0.4, -0.2) is 11.3 Å². The zero-order valence-corrected chi connectivity index (χ0v) is 10.4. The topological polar surface area (TPSA) is 39.2 Å². The van der Waals surface area contributed by atoms with E-state index in [0.717, 1.165) is 18.2 Å². The summed E-state index contributed by atoms with van der Waals surface area (Å²) < 4.78 is 43.4. The number of benzene rings is 1.